The SMILES string of the molecule is O=C(NCC1CCCN(C(=O)c2nn(-c3ccc(F)cc3)c3c2CCC3)C1)Nc1cccc(F)c1. The lowest BCUT2D eigenvalue weighted by Crippen LogP contribution is -2.44. The van der Waals surface area contributed by atoms with Crippen LogP contribution in [0.2, 0.25) is 0 Å². The lowest BCUT2D eigenvalue weighted by Gasteiger charge is -2.32. The molecule has 2 aromatic carbocycles. The number of hydrogen-bond acceptors (Lipinski definition) is 3. The van der Waals surface area contributed by atoms with Crippen molar-refractivity contribution in [2.45, 2.75) is 32.1 Å². The third-order valence-corrected chi connectivity index (χ3v) is 6.64. The van der Waals surface area contributed by atoms with Gasteiger partial charge in [-0.2, -0.15) is 5.10 Å². The third kappa shape index (κ3) is 5.03. The van der Waals surface area contributed by atoms with Gasteiger partial charge in [-0.25, -0.2) is 18.3 Å². The van der Waals surface area contributed by atoms with Crippen molar-refractivity contribution < 1.29 is 18.4 Å². The van der Waals surface area contributed by atoms with Gasteiger partial charge >= 0.3 is 6.03 Å². The topological polar surface area (TPSA) is 79.3 Å². The number of piperidine rings is 1. The molecular formula is C26H27F2N5O2. The van der Waals surface area contributed by atoms with Gasteiger partial charge < -0.3 is 15.5 Å². The van der Waals surface area contributed by atoms with Crippen LogP contribution in [0.25, 0.3) is 5.69 Å². The second kappa shape index (κ2) is 9.85. The summed E-state index contributed by atoms with van der Waals surface area (Å²) in [6.07, 6.45) is 4.33. The largest absolute Gasteiger partial charge is 0.338 e. The van der Waals surface area contributed by atoms with Gasteiger partial charge in [-0.1, -0.05) is 6.07 Å². The predicted octanol–water partition coefficient (Wildman–Crippen LogP) is 4.31. The number of hydrogen-bond donors (Lipinski definition) is 2. The van der Waals surface area contributed by atoms with E-state index >= 15 is 0 Å². The van der Waals surface area contributed by atoms with Crippen LogP contribution in [-0.4, -0.2) is 46.3 Å². The van der Waals surface area contributed by atoms with Gasteiger partial charge in [-0.05, 0) is 80.5 Å². The molecule has 0 spiro atoms. The van der Waals surface area contributed by atoms with Crippen molar-refractivity contribution in [3.05, 3.63) is 77.1 Å². The molecule has 9 heteroatoms. The number of aromatic nitrogens is 2. The Bertz CT molecular complexity index is 1240. The molecule has 7 nitrogen and oxygen atoms in total. The van der Waals surface area contributed by atoms with Crippen molar-refractivity contribution in [1.29, 1.82) is 0 Å². The molecule has 2 heterocycles. The van der Waals surface area contributed by atoms with Crippen LogP contribution in [0.5, 0.6) is 0 Å². The van der Waals surface area contributed by atoms with Crippen molar-refractivity contribution in [2.75, 3.05) is 25.0 Å². The number of amides is 3. The maximum absolute atomic E-state index is 13.5. The van der Waals surface area contributed by atoms with Crippen molar-refractivity contribution in [2.24, 2.45) is 5.92 Å². The zero-order valence-corrected chi connectivity index (χ0v) is 19.3. The summed E-state index contributed by atoms with van der Waals surface area (Å²) in [4.78, 5) is 27.5. The van der Waals surface area contributed by atoms with Crippen LogP contribution < -0.4 is 10.6 Å². The van der Waals surface area contributed by atoms with Crippen LogP contribution in [-0.2, 0) is 12.8 Å². The fourth-order valence-electron chi connectivity index (χ4n) is 4.95. The molecule has 2 aliphatic rings. The molecule has 2 N–H and O–H groups in total. The van der Waals surface area contributed by atoms with Gasteiger partial charge in [0.15, 0.2) is 5.69 Å². The first-order chi connectivity index (χ1) is 17.0. The monoisotopic (exact) mass is 479 g/mol. The van der Waals surface area contributed by atoms with Gasteiger partial charge in [0.25, 0.3) is 5.91 Å². The van der Waals surface area contributed by atoms with E-state index in [4.69, 9.17) is 0 Å². The maximum atomic E-state index is 13.5. The van der Waals surface area contributed by atoms with Crippen LogP contribution in [0.15, 0.2) is 48.5 Å². The Balaban J connectivity index is 1.24. The van der Waals surface area contributed by atoms with E-state index in [1.165, 1.54) is 30.3 Å². The van der Waals surface area contributed by atoms with Gasteiger partial charge in [0, 0.05) is 36.6 Å². The van der Waals surface area contributed by atoms with E-state index in [9.17, 15) is 18.4 Å². The van der Waals surface area contributed by atoms with E-state index < -0.39 is 11.8 Å². The third-order valence-electron chi connectivity index (χ3n) is 6.64. The first-order valence-electron chi connectivity index (χ1n) is 11.9. The minimum Gasteiger partial charge on any atom is -0.338 e. The first kappa shape index (κ1) is 23.0. The molecule has 1 aliphatic heterocycles. The van der Waals surface area contributed by atoms with Gasteiger partial charge in [-0.3, -0.25) is 4.79 Å². The normalized spacial score (nSPS) is 17.2. The molecule has 1 saturated heterocycles. The summed E-state index contributed by atoms with van der Waals surface area (Å²) in [6.45, 7) is 1.58. The van der Waals surface area contributed by atoms with E-state index in [2.05, 4.69) is 15.7 Å². The number of rotatable bonds is 5. The summed E-state index contributed by atoms with van der Waals surface area (Å²) in [5.41, 5.74) is 3.60. The van der Waals surface area contributed by atoms with E-state index in [-0.39, 0.29) is 17.6 Å². The Hall–Kier alpha value is -3.75. The molecule has 0 saturated carbocycles. The highest BCUT2D eigenvalue weighted by molar-refractivity contribution is 5.94. The average Bonchev–Trinajstić information content (AvgIpc) is 3.46. The Morgan fingerprint density at radius 3 is 2.66 bits per heavy atom. The van der Waals surface area contributed by atoms with E-state index in [0.717, 1.165) is 49.0 Å². The summed E-state index contributed by atoms with van der Waals surface area (Å²) in [5.74, 6) is -0.722. The average molecular weight is 480 g/mol. The van der Waals surface area contributed by atoms with Crippen LogP contribution in [0.3, 0.4) is 0 Å². The number of likely N-dealkylation sites (tertiary alicyclic amines) is 1. The van der Waals surface area contributed by atoms with Gasteiger partial charge in [0.05, 0.1) is 5.69 Å². The number of carbonyl (C=O) groups is 2. The molecule has 1 atom stereocenters. The number of anilines is 1. The minimum absolute atomic E-state index is 0.0991. The predicted molar refractivity (Wildman–Crippen MR) is 128 cm³/mol. The Morgan fingerprint density at radius 2 is 1.86 bits per heavy atom. The lowest BCUT2D eigenvalue weighted by molar-refractivity contribution is 0.0667. The van der Waals surface area contributed by atoms with E-state index in [1.807, 2.05) is 4.90 Å². The summed E-state index contributed by atoms with van der Waals surface area (Å²) in [6, 6.07) is 11.4. The Kier molecular flexibility index (Phi) is 6.48. The molecule has 1 aromatic heterocycles. The molecule has 0 bridgehead atoms. The van der Waals surface area contributed by atoms with Crippen LogP contribution in [0, 0.1) is 17.6 Å². The standard InChI is InChI=1S/C26H27F2N5O2/c27-18-9-11-21(12-10-18)33-23-8-2-7-22(23)24(31-33)25(34)32-13-3-4-17(16-32)15-29-26(35)30-20-6-1-5-19(28)14-20/h1,5-6,9-12,14,17H,2-4,7-8,13,15-16H2,(H2,29,30,35). The number of carbonyl (C=O) groups excluding carboxylic acids is 2. The van der Waals surface area contributed by atoms with E-state index in [0.29, 0.717) is 31.0 Å². The lowest BCUT2D eigenvalue weighted by atomic mass is 9.97. The fraction of sp³-hybridized carbons (Fsp3) is 0.346. The molecular weight excluding hydrogens is 452 g/mol. The summed E-state index contributed by atoms with van der Waals surface area (Å²) in [5, 5.41) is 10.1. The highest BCUT2D eigenvalue weighted by atomic mass is 19.1. The molecule has 35 heavy (non-hydrogen) atoms. The zero-order chi connectivity index (χ0) is 24.4. The second-order valence-electron chi connectivity index (χ2n) is 9.12. The maximum Gasteiger partial charge on any atom is 0.319 e. The van der Waals surface area contributed by atoms with Crippen LogP contribution >= 0.6 is 0 Å². The highest BCUT2D eigenvalue weighted by Crippen LogP contribution is 2.29. The summed E-state index contributed by atoms with van der Waals surface area (Å²) < 4.78 is 28.5. The van der Waals surface area contributed by atoms with Gasteiger partial charge in [0.2, 0.25) is 0 Å². The number of nitrogens with zero attached hydrogens (tertiary/aromatic N) is 3. The number of benzene rings is 2. The van der Waals surface area contributed by atoms with Crippen LogP contribution in [0.4, 0.5) is 19.3 Å². The van der Waals surface area contributed by atoms with Crippen molar-refractivity contribution in [3.63, 3.8) is 0 Å². The fourth-order valence-corrected chi connectivity index (χ4v) is 4.95. The second-order valence-corrected chi connectivity index (χ2v) is 9.12. The van der Waals surface area contributed by atoms with Crippen molar-refractivity contribution in [3.8, 4) is 5.69 Å². The summed E-state index contributed by atoms with van der Waals surface area (Å²) in [7, 11) is 0. The van der Waals surface area contributed by atoms with Crippen LogP contribution in [0.1, 0.15) is 41.0 Å². The molecule has 1 unspecified atom stereocenters. The smallest absolute Gasteiger partial charge is 0.319 e. The Labute approximate surface area is 202 Å². The van der Waals surface area contributed by atoms with E-state index in [1.54, 1.807) is 22.9 Å². The molecule has 1 fully saturated rings. The van der Waals surface area contributed by atoms with Gasteiger partial charge in [-0.15, -0.1) is 0 Å². The van der Waals surface area contributed by atoms with Crippen molar-refractivity contribution in [1.82, 2.24) is 20.0 Å². The molecule has 5 rings (SSSR count). The highest BCUT2D eigenvalue weighted by Gasteiger charge is 2.32. The number of urea groups is 1. The number of halogens is 2. The first-order valence-corrected chi connectivity index (χ1v) is 11.9. The summed E-state index contributed by atoms with van der Waals surface area (Å²) >= 11 is 0. The zero-order valence-electron chi connectivity index (χ0n) is 19.3. The van der Waals surface area contributed by atoms with Crippen molar-refractivity contribution >= 4 is 17.6 Å². The number of nitrogens with one attached hydrogen (secondary N) is 2. The molecule has 1 aliphatic carbocycles. The molecule has 3 amide bonds. The molecule has 3 aromatic rings. The van der Waals surface area contributed by atoms with Gasteiger partial charge in [0.1, 0.15) is 11.6 Å². The molecule has 0 radical (unpaired) electrons. The quantitative estimate of drug-likeness (QED) is 0.572. The molecule has 182 valence electrons. The number of fused-ring (bicyclic) bond motifs is 1. The Morgan fingerprint density at radius 1 is 1.03 bits per heavy atom. The minimum atomic E-state index is -0.419.